The summed E-state index contributed by atoms with van der Waals surface area (Å²) in [7, 11) is -3.87. The van der Waals surface area contributed by atoms with Crippen molar-refractivity contribution in [1.82, 2.24) is 14.3 Å². The molecule has 2 heterocycles. The zero-order chi connectivity index (χ0) is 19.8. The van der Waals surface area contributed by atoms with Crippen LogP contribution in [-0.2, 0) is 10.0 Å². The second-order valence-corrected chi connectivity index (χ2v) is 8.79. The number of anilines is 1. The first kappa shape index (κ1) is 19.6. The van der Waals surface area contributed by atoms with Gasteiger partial charge in [-0.3, -0.25) is 0 Å². The van der Waals surface area contributed by atoms with Crippen LogP contribution in [0.15, 0.2) is 29.2 Å². The SMILES string of the molecule is Cc1cc(N2CCN(S(=O)(=O)c3ccc(F)c(F)c3)CC2)nc(C(C)C)n1. The predicted molar refractivity (Wildman–Crippen MR) is 98.2 cm³/mol. The molecule has 0 bridgehead atoms. The van der Waals surface area contributed by atoms with Gasteiger partial charge in [-0.1, -0.05) is 13.8 Å². The summed E-state index contributed by atoms with van der Waals surface area (Å²) in [5, 5.41) is 0. The number of aryl methyl sites for hydroxylation is 1. The topological polar surface area (TPSA) is 66.4 Å². The highest BCUT2D eigenvalue weighted by molar-refractivity contribution is 7.89. The fourth-order valence-corrected chi connectivity index (χ4v) is 4.37. The minimum Gasteiger partial charge on any atom is -0.354 e. The summed E-state index contributed by atoms with van der Waals surface area (Å²) in [5.74, 6) is -0.525. The molecular weight excluding hydrogens is 374 g/mol. The van der Waals surface area contributed by atoms with Crippen molar-refractivity contribution in [2.45, 2.75) is 31.6 Å². The number of benzene rings is 1. The first-order valence-electron chi connectivity index (χ1n) is 8.74. The highest BCUT2D eigenvalue weighted by atomic mass is 32.2. The van der Waals surface area contributed by atoms with E-state index in [2.05, 4.69) is 9.97 Å². The Bertz CT molecular complexity index is 942. The zero-order valence-electron chi connectivity index (χ0n) is 15.5. The standard InChI is InChI=1S/C18H22F2N4O2S/c1-12(2)18-21-13(3)10-17(22-18)23-6-8-24(9-7-23)27(25,26)14-4-5-15(19)16(20)11-14/h4-5,10-12H,6-9H2,1-3H3. The molecule has 6 nitrogen and oxygen atoms in total. The Morgan fingerprint density at radius 3 is 2.26 bits per heavy atom. The van der Waals surface area contributed by atoms with Crippen LogP contribution < -0.4 is 4.90 Å². The average molecular weight is 396 g/mol. The Hall–Kier alpha value is -2.13. The van der Waals surface area contributed by atoms with E-state index >= 15 is 0 Å². The van der Waals surface area contributed by atoms with E-state index in [1.54, 1.807) is 0 Å². The summed E-state index contributed by atoms with van der Waals surface area (Å²) in [6.45, 7) is 7.33. The fraction of sp³-hybridized carbons (Fsp3) is 0.444. The van der Waals surface area contributed by atoms with Crippen molar-refractivity contribution >= 4 is 15.8 Å². The predicted octanol–water partition coefficient (Wildman–Crippen LogP) is 2.70. The molecule has 0 N–H and O–H groups in total. The minimum atomic E-state index is -3.87. The van der Waals surface area contributed by atoms with E-state index in [0.717, 1.165) is 35.5 Å². The van der Waals surface area contributed by atoms with Crippen molar-refractivity contribution in [3.8, 4) is 0 Å². The van der Waals surface area contributed by atoms with Crippen LogP contribution >= 0.6 is 0 Å². The van der Waals surface area contributed by atoms with Crippen molar-refractivity contribution in [3.63, 3.8) is 0 Å². The molecule has 146 valence electrons. The summed E-state index contributed by atoms with van der Waals surface area (Å²) in [6.07, 6.45) is 0. The third kappa shape index (κ3) is 4.08. The van der Waals surface area contributed by atoms with E-state index in [4.69, 9.17) is 0 Å². The molecule has 3 rings (SSSR count). The largest absolute Gasteiger partial charge is 0.354 e. The molecule has 1 fully saturated rings. The summed E-state index contributed by atoms with van der Waals surface area (Å²) < 4.78 is 53.2. The molecule has 0 unspecified atom stereocenters. The molecule has 1 aliphatic rings. The molecule has 9 heteroatoms. The molecule has 0 aliphatic carbocycles. The fourth-order valence-electron chi connectivity index (χ4n) is 2.94. The Kier molecular flexibility index (Phi) is 5.43. The van der Waals surface area contributed by atoms with Gasteiger partial charge in [0.15, 0.2) is 11.6 Å². The molecule has 1 aromatic heterocycles. The third-order valence-corrected chi connectivity index (χ3v) is 6.36. The first-order chi connectivity index (χ1) is 12.7. The number of nitrogens with zero attached hydrogens (tertiary/aromatic N) is 4. The summed E-state index contributed by atoms with van der Waals surface area (Å²) >= 11 is 0. The van der Waals surface area contributed by atoms with Crippen LogP contribution in [0.2, 0.25) is 0 Å². The van der Waals surface area contributed by atoms with Gasteiger partial charge in [-0.2, -0.15) is 4.31 Å². The molecule has 0 radical (unpaired) electrons. The zero-order valence-corrected chi connectivity index (χ0v) is 16.3. The number of hydrogen-bond donors (Lipinski definition) is 0. The molecule has 0 atom stereocenters. The lowest BCUT2D eigenvalue weighted by molar-refractivity contribution is 0.383. The highest BCUT2D eigenvalue weighted by Gasteiger charge is 2.29. The number of hydrogen-bond acceptors (Lipinski definition) is 5. The van der Waals surface area contributed by atoms with Crippen molar-refractivity contribution in [1.29, 1.82) is 0 Å². The van der Waals surface area contributed by atoms with Crippen LogP contribution in [0.1, 0.15) is 31.3 Å². The molecular formula is C18H22F2N4O2S. The molecule has 2 aromatic rings. The molecule has 0 saturated carbocycles. The maximum Gasteiger partial charge on any atom is 0.243 e. The normalized spacial score (nSPS) is 16.1. The molecule has 0 spiro atoms. The Morgan fingerprint density at radius 1 is 1.00 bits per heavy atom. The van der Waals surface area contributed by atoms with Gasteiger partial charge in [-0.25, -0.2) is 27.2 Å². The summed E-state index contributed by atoms with van der Waals surface area (Å²) in [4.78, 5) is 10.8. The van der Waals surface area contributed by atoms with Crippen molar-refractivity contribution in [2.75, 3.05) is 31.1 Å². The van der Waals surface area contributed by atoms with Crippen LogP contribution in [0.4, 0.5) is 14.6 Å². The van der Waals surface area contributed by atoms with Gasteiger partial charge in [0.25, 0.3) is 0 Å². The van der Waals surface area contributed by atoms with E-state index in [9.17, 15) is 17.2 Å². The van der Waals surface area contributed by atoms with Gasteiger partial charge in [-0.05, 0) is 25.1 Å². The van der Waals surface area contributed by atoms with Crippen LogP contribution in [0, 0.1) is 18.6 Å². The number of sulfonamides is 1. The van der Waals surface area contributed by atoms with E-state index in [1.807, 2.05) is 31.7 Å². The van der Waals surface area contributed by atoms with Gasteiger partial charge < -0.3 is 4.90 Å². The lowest BCUT2D eigenvalue weighted by Crippen LogP contribution is -2.49. The first-order valence-corrected chi connectivity index (χ1v) is 10.2. The monoisotopic (exact) mass is 396 g/mol. The van der Waals surface area contributed by atoms with Gasteiger partial charge in [0, 0.05) is 43.9 Å². The Morgan fingerprint density at radius 2 is 1.67 bits per heavy atom. The van der Waals surface area contributed by atoms with Crippen LogP contribution in [0.3, 0.4) is 0 Å². The Balaban J connectivity index is 1.76. The molecule has 1 aromatic carbocycles. The maximum atomic E-state index is 13.4. The summed E-state index contributed by atoms with van der Waals surface area (Å²) in [5.41, 5.74) is 0.862. The van der Waals surface area contributed by atoms with Crippen molar-refractivity contribution < 1.29 is 17.2 Å². The lowest BCUT2D eigenvalue weighted by atomic mass is 10.2. The number of rotatable bonds is 4. The minimum absolute atomic E-state index is 0.193. The second-order valence-electron chi connectivity index (χ2n) is 6.85. The average Bonchev–Trinajstić information content (AvgIpc) is 2.63. The van der Waals surface area contributed by atoms with E-state index < -0.39 is 21.7 Å². The quantitative estimate of drug-likeness (QED) is 0.795. The molecule has 1 saturated heterocycles. The number of aromatic nitrogens is 2. The van der Waals surface area contributed by atoms with Gasteiger partial charge in [-0.15, -0.1) is 0 Å². The number of piperazine rings is 1. The lowest BCUT2D eigenvalue weighted by Gasteiger charge is -2.35. The third-order valence-electron chi connectivity index (χ3n) is 4.47. The maximum absolute atomic E-state index is 13.4. The number of halogens is 2. The van der Waals surface area contributed by atoms with E-state index in [1.165, 1.54) is 4.31 Å². The van der Waals surface area contributed by atoms with Crippen LogP contribution in [0.25, 0.3) is 0 Å². The molecule has 1 aliphatic heterocycles. The van der Waals surface area contributed by atoms with Crippen LogP contribution in [-0.4, -0.2) is 48.9 Å². The Labute approximate surface area is 157 Å². The van der Waals surface area contributed by atoms with Gasteiger partial charge >= 0.3 is 0 Å². The van der Waals surface area contributed by atoms with E-state index in [0.29, 0.717) is 13.1 Å². The summed E-state index contributed by atoms with van der Waals surface area (Å²) in [6, 6.07) is 4.52. The van der Waals surface area contributed by atoms with Gasteiger partial charge in [0.1, 0.15) is 11.6 Å². The smallest absolute Gasteiger partial charge is 0.243 e. The van der Waals surface area contributed by atoms with Gasteiger partial charge in [0.05, 0.1) is 4.90 Å². The van der Waals surface area contributed by atoms with Crippen molar-refractivity contribution in [3.05, 3.63) is 47.4 Å². The second kappa shape index (κ2) is 7.47. The van der Waals surface area contributed by atoms with E-state index in [-0.39, 0.29) is 23.9 Å². The molecule has 0 amide bonds. The highest BCUT2D eigenvalue weighted by Crippen LogP contribution is 2.23. The molecule has 27 heavy (non-hydrogen) atoms. The van der Waals surface area contributed by atoms with Crippen molar-refractivity contribution in [2.24, 2.45) is 0 Å². The van der Waals surface area contributed by atoms with Crippen LogP contribution in [0.5, 0.6) is 0 Å². The van der Waals surface area contributed by atoms with Gasteiger partial charge in [0.2, 0.25) is 10.0 Å².